The zero-order chi connectivity index (χ0) is 14.6. The molecule has 0 saturated heterocycles. The van der Waals surface area contributed by atoms with E-state index in [0.29, 0.717) is 6.07 Å². The highest BCUT2D eigenvalue weighted by molar-refractivity contribution is 5.40. The first-order valence-corrected chi connectivity index (χ1v) is 4.92. The summed E-state index contributed by atoms with van der Waals surface area (Å²) in [6.45, 7) is -0.493. The van der Waals surface area contributed by atoms with Crippen LogP contribution in [-0.4, -0.2) is 11.3 Å². The predicted molar refractivity (Wildman–Crippen MR) is 53.1 cm³/mol. The molecule has 0 radical (unpaired) electrons. The maximum Gasteiger partial charge on any atom is 0.573 e. The molecule has 0 aliphatic rings. The van der Waals surface area contributed by atoms with Crippen molar-refractivity contribution in [3.05, 3.63) is 23.0 Å². The normalized spacial score (nSPS) is 11.5. The molecule has 1 aromatic rings. The van der Waals surface area contributed by atoms with Crippen molar-refractivity contribution in [3.63, 3.8) is 0 Å². The lowest BCUT2D eigenvalue weighted by Gasteiger charge is -2.16. The minimum atomic E-state index is -5.12. The van der Waals surface area contributed by atoms with Crippen LogP contribution in [0.5, 0.6) is 5.75 Å². The van der Waals surface area contributed by atoms with Crippen LogP contribution in [0.4, 0.5) is 22.0 Å². The molecule has 9 heteroatoms. The van der Waals surface area contributed by atoms with Crippen LogP contribution in [0.1, 0.15) is 23.4 Å². The molecule has 0 aliphatic heterocycles. The minimum absolute atomic E-state index is 0.119. The van der Waals surface area contributed by atoms with Gasteiger partial charge in [-0.25, -0.2) is 8.78 Å². The van der Waals surface area contributed by atoms with Gasteiger partial charge in [0.05, 0.1) is 29.4 Å². The van der Waals surface area contributed by atoms with Crippen molar-refractivity contribution in [3.8, 4) is 11.8 Å². The summed E-state index contributed by atoms with van der Waals surface area (Å²) >= 11 is 0. The number of hydrogen-bond acceptors (Lipinski definition) is 4. The fourth-order valence-corrected chi connectivity index (χ4v) is 1.41. The van der Waals surface area contributed by atoms with Crippen molar-refractivity contribution in [2.24, 2.45) is 5.73 Å². The van der Waals surface area contributed by atoms with Gasteiger partial charge in [-0.2, -0.15) is 5.26 Å². The Morgan fingerprint density at radius 2 is 2.05 bits per heavy atom. The van der Waals surface area contributed by atoms with E-state index in [1.807, 2.05) is 0 Å². The number of pyridine rings is 1. The number of aromatic nitrogens is 1. The summed E-state index contributed by atoms with van der Waals surface area (Å²) in [4.78, 5) is 3.62. The molecule has 0 unspecified atom stereocenters. The fraction of sp³-hybridized carbons (Fsp3) is 0.400. The van der Waals surface area contributed by atoms with Crippen LogP contribution in [0.15, 0.2) is 6.07 Å². The van der Waals surface area contributed by atoms with Gasteiger partial charge in [0.2, 0.25) is 0 Å². The molecule has 0 spiro atoms. The smallest absolute Gasteiger partial charge is 0.405 e. The summed E-state index contributed by atoms with van der Waals surface area (Å²) in [5.74, 6) is -1.08. The lowest BCUT2D eigenvalue weighted by Crippen LogP contribution is -2.20. The Labute approximate surface area is 104 Å². The molecule has 1 aromatic heterocycles. The number of ether oxygens (including phenoxy) is 1. The molecule has 0 aromatic carbocycles. The van der Waals surface area contributed by atoms with Crippen molar-refractivity contribution >= 4 is 0 Å². The molecular formula is C10H8F5N3O. The van der Waals surface area contributed by atoms with Crippen molar-refractivity contribution in [2.45, 2.75) is 25.8 Å². The number of nitriles is 1. The first-order valence-electron chi connectivity index (χ1n) is 4.92. The van der Waals surface area contributed by atoms with Crippen LogP contribution in [-0.2, 0) is 13.0 Å². The predicted octanol–water partition coefficient (Wildman–Crippen LogP) is 2.44. The molecule has 0 saturated carbocycles. The molecule has 19 heavy (non-hydrogen) atoms. The maximum absolute atomic E-state index is 12.8. The number of rotatable bonds is 4. The molecular weight excluding hydrogens is 273 g/mol. The summed E-state index contributed by atoms with van der Waals surface area (Å²) in [6.07, 6.45) is -8.69. The topological polar surface area (TPSA) is 71.9 Å². The summed E-state index contributed by atoms with van der Waals surface area (Å²) in [7, 11) is 0. The number of nitrogens with zero attached hydrogens (tertiary/aromatic N) is 2. The zero-order valence-corrected chi connectivity index (χ0v) is 9.34. The van der Waals surface area contributed by atoms with Gasteiger partial charge in [-0.15, -0.1) is 13.2 Å². The molecule has 1 rings (SSSR count). The van der Waals surface area contributed by atoms with E-state index < -0.39 is 36.3 Å². The van der Waals surface area contributed by atoms with Crippen LogP contribution in [0.2, 0.25) is 0 Å². The van der Waals surface area contributed by atoms with Crippen LogP contribution in [0.25, 0.3) is 0 Å². The van der Waals surface area contributed by atoms with E-state index in [-0.39, 0.29) is 12.1 Å². The first-order chi connectivity index (χ1) is 8.78. The molecule has 4 nitrogen and oxygen atoms in total. The Kier molecular flexibility index (Phi) is 4.61. The van der Waals surface area contributed by atoms with E-state index >= 15 is 0 Å². The highest BCUT2D eigenvalue weighted by Gasteiger charge is 2.34. The van der Waals surface area contributed by atoms with Crippen LogP contribution < -0.4 is 10.5 Å². The minimum Gasteiger partial charge on any atom is -0.405 e. The van der Waals surface area contributed by atoms with Crippen molar-refractivity contribution in [1.82, 2.24) is 4.98 Å². The maximum atomic E-state index is 12.8. The summed E-state index contributed by atoms with van der Waals surface area (Å²) in [5.41, 5.74) is 3.61. The highest BCUT2D eigenvalue weighted by Crippen LogP contribution is 2.35. The third-order valence-corrected chi connectivity index (χ3v) is 2.05. The SMILES string of the molecule is N#CCc1cc(OC(F)(F)F)c(C(F)F)c(CN)n1. The molecule has 0 atom stereocenters. The second kappa shape index (κ2) is 5.79. The lowest BCUT2D eigenvalue weighted by atomic mass is 10.1. The second-order valence-corrected chi connectivity index (χ2v) is 3.36. The van der Waals surface area contributed by atoms with Gasteiger partial charge >= 0.3 is 6.36 Å². The molecule has 0 aliphatic carbocycles. The Bertz CT molecular complexity index is 495. The third-order valence-electron chi connectivity index (χ3n) is 2.05. The van der Waals surface area contributed by atoms with E-state index in [9.17, 15) is 22.0 Å². The first kappa shape index (κ1) is 15.1. The Morgan fingerprint density at radius 1 is 1.42 bits per heavy atom. The Hall–Kier alpha value is -1.95. The van der Waals surface area contributed by atoms with Gasteiger partial charge in [-0.3, -0.25) is 4.98 Å². The molecule has 0 amide bonds. The largest absolute Gasteiger partial charge is 0.573 e. The van der Waals surface area contributed by atoms with E-state index in [1.165, 1.54) is 0 Å². The van der Waals surface area contributed by atoms with Gasteiger partial charge in [0.1, 0.15) is 5.75 Å². The van der Waals surface area contributed by atoms with Gasteiger partial charge < -0.3 is 10.5 Å². The summed E-state index contributed by atoms with van der Waals surface area (Å²) in [6, 6.07) is 2.31. The molecule has 0 fully saturated rings. The molecule has 2 N–H and O–H groups in total. The third kappa shape index (κ3) is 4.03. The van der Waals surface area contributed by atoms with E-state index in [4.69, 9.17) is 11.0 Å². The molecule has 0 bridgehead atoms. The Morgan fingerprint density at radius 3 is 2.47 bits per heavy atom. The lowest BCUT2D eigenvalue weighted by molar-refractivity contribution is -0.275. The molecule has 104 valence electrons. The number of hydrogen-bond donors (Lipinski definition) is 1. The number of alkyl halides is 5. The summed E-state index contributed by atoms with van der Waals surface area (Å²) in [5, 5.41) is 8.45. The van der Waals surface area contributed by atoms with Crippen molar-refractivity contribution in [1.29, 1.82) is 5.26 Å². The second-order valence-electron chi connectivity index (χ2n) is 3.36. The zero-order valence-electron chi connectivity index (χ0n) is 9.34. The van der Waals surface area contributed by atoms with Gasteiger partial charge in [-0.1, -0.05) is 0 Å². The fourth-order valence-electron chi connectivity index (χ4n) is 1.41. The van der Waals surface area contributed by atoms with E-state index in [2.05, 4.69) is 9.72 Å². The number of nitrogens with two attached hydrogens (primary N) is 1. The average molecular weight is 281 g/mol. The van der Waals surface area contributed by atoms with Crippen LogP contribution in [0.3, 0.4) is 0 Å². The summed E-state index contributed by atoms with van der Waals surface area (Å²) < 4.78 is 65.5. The van der Waals surface area contributed by atoms with E-state index in [1.54, 1.807) is 6.07 Å². The van der Waals surface area contributed by atoms with Gasteiger partial charge in [0, 0.05) is 12.6 Å². The molecule has 1 heterocycles. The number of halogens is 5. The average Bonchev–Trinajstić information content (AvgIpc) is 2.25. The van der Waals surface area contributed by atoms with E-state index in [0.717, 1.165) is 0 Å². The highest BCUT2D eigenvalue weighted by atomic mass is 19.4. The Balaban J connectivity index is 3.37. The van der Waals surface area contributed by atoms with Crippen LogP contribution in [0, 0.1) is 11.3 Å². The monoisotopic (exact) mass is 281 g/mol. The standard InChI is InChI=1S/C10H8F5N3O/c11-9(12)8-6(4-17)18-5(1-2-16)3-7(8)19-10(13,14)15/h3,9H,1,4,17H2. The van der Waals surface area contributed by atoms with Crippen molar-refractivity contribution < 1.29 is 26.7 Å². The van der Waals surface area contributed by atoms with Crippen LogP contribution >= 0.6 is 0 Å². The quantitative estimate of drug-likeness (QED) is 0.860. The van der Waals surface area contributed by atoms with Gasteiger partial charge in [0.15, 0.2) is 0 Å². The van der Waals surface area contributed by atoms with Crippen molar-refractivity contribution in [2.75, 3.05) is 0 Å². The van der Waals surface area contributed by atoms with Gasteiger partial charge in [0.25, 0.3) is 6.43 Å². The van der Waals surface area contributed by atoms with Gasteiger partial charge in [-0.05, 0) is 0 Å².